The van der Waals surface area contributed by atoms with Gasteiger partial charge in [-0.15, -0.1) is 13.2 Å². The van der Waals surface area contributed by atoms with Crippen LogP contribution in [0.15, 0.2) is 135 Å². The predicted octanol–water partition coefficient (Wildman–Crippen LogP) is 9.82. The van der Waals surface area contributed by atoms with Crippen molar-refractivity contribution in [2.24, 2.45) is 5.73 Å². The van der Waals surface area contributed by atoms with Gasteiger partial charge in [0, 0.05) is 45.9 Å². The van der Waals surface area contributed by atoms with Crippen molar-refractivity contribution in [3.8, 4) is 11.3 Å². The molecule has 5 rings (SSSR count). The molecule has 3 aromatic carbocycles. The Morgan fingerprint density at radius 3 is 2.23 bits per heavy atom. The first-order chi connectivity index (χ1) is 20.9. The smallest absolute Gasteiger partial charge is 0.255 e. The molecule has 43 heavy (non-hydrogen) atoms. The highest BCUT2D eigenvalue weighted by Crippen LogP contribution is 2.28. The number of nitrogens with one attached hydrogen (secondary N) is 1. The van der Waals surface area contributed by atoms with E-state index in [1.165, 1.54) is 12.8 Å². The van der Waals surface area contributed by atoms with Crippen LogP contribution in [0.5, 0.6) is 0 Å². The second kappa shape index (κ2) is 19.5. The summed E-state index contributed by atoms with van der Waals surface area (Å²) in [5.74, 6) is 1.05. The number of nitrogens with two attached hydrogens (primary N) is 1. The number of fused-ring (bicyclic) bond motifs is 1. The number of hydrogen-bond donors (Lipinski definition) is 2. The largest absolute Gasteiger partial charge is 0.399 e. The Morgan fingerprint density at radius 1 is 0.907 bits per heavy atom. The number of allylic oxidation sites excluding steroid dienone is 4. The molecule has 4 aromatic rings. The van der Waals surface area contributed by atoms with Crippen molar-refractivity contribution >= 4 is 40.1 Å². The van der Waals surface area contributed by atoms with Gasteiger partial charge in [-0.2, -0.15) is 0 Å². The van der Waals surface area contributed by atoms with Gasteiger partial charge >= 0.3 is 0 Å². The lowest BCUT2D eigenvalue weighted by Crippen LogP contribution is -2.21. The average molecular weight is 593 g/mol. The second-order valence-corrected chi connectivity index (χ2v) is 10.5. The lowest BCUT2D eigenvalue weighted by molar-refractivity contribution is 0.102. The highest BCUT2D eigenvalue weighted by molar-refractivity contribution is 8.00. The Bertz CT molecular complexity index is 1480. The molecule has 0 aliphatic carbocycles. The van der Waals surface area contributed by atoms with Crippen molar-refractivity contribution < 1.29 is 4.79 Å². The quantitative estimate of drug-likeness (QED) is 0.137. The summed E-state index contributed by atoms with van der Waals surface area (Å²) in [6, 6.07) is 27.8. The number of pyridine rings is 1. The molecule has 6 heteroatoms. The average Bonchev–Trinajstić information content (AvgIpc) is 3.06. The minimum absolute atomic E-state index is 0.110. The summed E-state index contributed by atoms with van der Waals surface area (Å²) in [6.07, 6.45) is 10.1. The zero-order valence-electron chi connectivity index (χ0n) is 25.6. The Morgan fingerprint density at radius 2 is 1.63 bits per heavy atom. The minimum atomic E-state index is -0.110. The molecular weight excluding hydrogens is 549 g/mol. The fraction of sp³-hybridized carbons (Fsp3) is 0.189. The number of carbonyl (C=O) groups excluding carboxylic acids is 1. The third-order valence-electron chi connectivity index (χ3n) is 6.15. The monoisotopic (exact) mass is 592 g/mol. The number of benzene rings is 3. The van der Waals surface area contributed by atoms with E-state index in [1.54, 1.807) is 6.08 Å². The lowest BCUT2D eigenvalue weighted by atomic mass is 10.1. The molecular formula is C37H44N4OS. The highest BCUT2D eigenvalue weighted by atomic mass is 32.2. The number of para-hydroxylation sites is 1. The van der Waals surface area contributed by atoms with E-state index >= 15 is 0 Å². The maximum atomic E-state index is 12.8. The van der Waals surface area contributed by atoms with Crippen molar-refractivity contribution in [1.29, 1.82) is 0 Å². The number of nitrogens with zero attached hydrogens (tertiary/aromatic N) is 2. The first-order valence-corrected chi connectivity index (χ1v) is 15.3. The van der Waals surface area contributed by atoms with Crippen LogP contribution in [-0.2, 0) is 0 Å². The molecule has 1 fully saturated rings. The van der Waals surface area contributed by atoms with Gasteiger partial charge in [0.25, 0.3) is 5.91 Å². The Kier molecular flexibility index (Phi) is 15.8. The predicted molar refractivity (Wildman–Crippen MR) is 190 cm³/mol. The summed E-state index contributed by atoms with van der Waals surface area (Å²) in [4.78, 5) is 17.5. The van der Waals surface area contributed by atoms with Crippen LogP contribution in [0, 0.1) is 0 Å². The molecule has 0 saturated carbocycles. The van der Waals surface area contributed by atoms with E-state index in [0.29, 0.717) is 11.3 Å². The third-order valence-corrected chi connectivity index (χ3v) is 7.33. The molecule has 0 bridgehead atoms. The number of carbonyl (C=O) groups is 1. The molecule has 1 aliphatic rings. The summed E-state index contributed by atoms with van der Waals surface area (Å²) in [5, 5.41) is 4.13. The van der Waals surface area contributed by atoms with Crippen LogP contribution < -0.4 is 15.4 Å². The topological polar surface area (TPSA) is 71.2 Å². The zero-order valence-corrected chi connectivity index (χ0v) is 26.4. The van der Waals surface area contributed by atoms with Crippen molar-refractivity contribution in [3.63, 3.8) is 0 Å². The Balaban J connectivity index is 0.000000462. The van der Waals surface area contributed by atoms with E-state index in [0.717, 1.165) is 45.8 Å². The summed E-state index contributed by atoms with van der Waals surface area (Å²) < 4.78 is 2.31. The van der Waals surface area contributed by atoms with Gasteiger partial charge in [0.2, 0.25) is 0 Å². The number of amides is 1. The first kappa shape index (κ1) is 34.7. The van der Waals surface area contributed by atoms with Crippen LogP contribution in [0.3, 0.4) is 0 Å². The van der Waals surface area contributed by atoms with Gasteiger partial charge in [-0.1, -0.05) is 61.2 Å². The molecule has 5 nitrogen and oxygen atoms in total. The number of rotatable bonds is 5. The zero-order chi connectivity index (χ0) is 31.5. The molecule has 0 spiro atoms. The van der Waals surface area contributed by atoms with Crippen molar-refractivity contribution in [3.05, 3.63) is 140 Å². The van der Waals surface area contributed by atoms with E-state index in [2.05, 4.69) is 41.5 Å². The van der Waals surface area contributed by atoms with Crippen molar-refractivity contribution in [2.45, 2.75) is 33.6 Å². The van der Waals surface area contributed by atoms with Crippen molar-refractivity contribution in [2.75, 3.05) is 21.9 Å². The fourth-order valence-electron chi connectivity index (χ4n) is 3.98. The van der Waals surface area contributed by atoms with Crippen LogP contribution in [-0.4, -0.2) is 23.2 Å². The molecule has 0 atom stereocenters. The van der Waals surface area contributed by atoms with E-state index < -0.39 is 0 Å². The van der Waals surface area contributed by atoms with Crippen molar-refractivity contribution in [1.82, 2.24) is 4.98 Å². The maximum absolute atomic E-state index is 12.8. The highest BCUT2D eigenvalue weighted by Gasteiger charge is 2.13. The normalized spacial score (nSPS) is 12.3. The fourth-order valence-corrected chi connectivity index (χ4v) is 5.06. The maximum Gasteiger partial charge on any atom is 0.255 e. The van der Waals surface area contributed by atoms with E-state index in [1.807, 2.05) is 124 Å². The standard InChI is InChI=1S/C26H23N3OS.C5H9N.C4H8.C2H4/c30-26(20-10-13-23(14-11-20)29-16-3-4-17-31-29)27-22-8-5-7-21(18-22)25-15-12-19-6-1-2-9-24(19)28-25;1-3-4-5(2)6;1-3-4-2;1-2/h1-2,5-15,18H,3-4,16-17H2,(H,27,30);3-4H,2,6H2,1H3;3-4H,1-2H3;1-2H2/b;2*4-3-;. The molecule has 0 radical (unpaired) electrons. The van der Waals surface area contributed by atoms with E-state index in [9.17, 15) is 4.79 Å². The van der Waals surface area contributed by atoms with Crippen LogP contribution >= 0.6 is 11.9 Å². The van der Waals surface area contributed by atoms with Gasteiger partial charge in [-0.25, -0.2) is 4.98 Å². The second-order valence-electron chi connectivity index (χ2n) is 9.36. The molecule has 1 amide bonds. The van der Waals surface area contributed by atoms with Crippen LogP contribution in [0.25, 0.3) is 22.2 Å². The van der Waals surface area contributed by atoms with E-state index in [4.69, 9.17) is 10.7 Å². The lowest BCUT2D eigenvalue weighted by Gasteiger charge is -2.27. The summed E-state index contributed by atoms with van der Waals surface area (Å²) >= 11 is 1.86. The number of hydrogen-bond acceptors (Lipinski definition) is 5. The first-order valence-electron chi connectivity index (χ1n) is 14.4. The minimum Gasteiger partial charge on any atom is -0.399 e. The van der Waals surface area contributed by atoms with Gasteiger partial charge in [-0.05, 0) is 100 Å². The third kappa shape index (κ3) is 11.7. The van der Waals surface area contributed by atoms with Gasteiger partial charge in [-0.3, -0.25) is 4.79 Å². The van der Waals surface area contributed by atoms with Gasteiger partial charge < -0.3 is 15.4 Å². The molecule has 224 valence electrons. The van der Waals surface area contributed by atoms with Gasteiger partial charge in [0.15, 0.2) is 0 Å². The molecule has 2 heterocycles. The van der Waals surface area contributed by atoms with Crippen LogP contribution in [0.2, 0.25) is 0 Å². The van der Waals surface area contributed by atoms with Crippen LogP contribution in [0.4, 0.5) is 11.4 Å². The summed E-state index contributed by atoms with van der Waals surface area (Å²) in [6.45, 7) is 16.4. The summed E-state index contributed by atoms with van der Waals surface area (Å²) in [7, 11) is 0. The number of aromatic nitrogens is 1. The Hall–Kier alpha value is -4.55. The Labute approximate surface area is 262 Å². The SMILES string of the molecule is C/C=C\C.C=C.C=C(N)/C=C\C.O=C(Nc1cccc(-c2ccc3ccccc3n2)c1)c1ccc(N2CCCCS2)cc1. The molecule has 1 saturated heterocycles. The van der Waals surface area contributed by atoms with Crippen LogP contribution in [0.1, 0.15) is 44.0 Å². The van der Waals surface area contributed by atoms with E-state index in [-0.39, 0.29) is 5.91 Å². The molecule has 0 unspecified atom stereocenters. The van der Waals surface area contributed by atoms with Gasteiger partial charge in [0.1, 0.15) is 0 Å². The summed E-state index contributed by atoms with van der Waals surface area (Å²) in [5.41, 5.74) is 11.1. The molecule has 3 N–H and O–H groups in total. The molecule has 1 aromatic heterocycles. The molecule has 1 aliphatic heterocycles. The van der Waals surface area contributed by atoms with Gasteiger partial charge in [0.05, 0.1) is 11.2 Å². The number of anilines is 2.